The highest BCUT2D eigenvalue weighted by Gasteiger charge is 2.31. The third-order valence-corrected chi connectivity index (χ3v) is 8.54. The summed E-state index contributed by atoms with van der Waals surface area (Å²) in [6, 6.07) is 19.4. The Balaban J connectivity index is 0.00000280. The molecule has 1 saturated heterocycles. The number of halogens is 3. The van der Waals surface area contributed by atoms with Crippen molar-refractivity contribution in [2.75, 3.05) is 26.2 Å². The lowest BCUT2D eigenvalue weighted by atomic mass is 9.89. The summed E-state index contributed by atoms with van der Waals surface area (Å²) < 4.78 is 35.1. The molecule has 0 amide bonds. The molecule has 37 heavy (non-hydrogen) atoms. The Hall–Kier alpha value is -2.80. The van der Waals surface area contributed by atoms with E-state index >= 15 is 0 Å². The van der Waals surface area contributed by atoms with Crippen LogP contribution in [0.1, 0.15) is 35.6 Å². The number of hydrogen-bond acceptors (Lipinski definition) is 4. The molecule has 1 fully saturated rings. The summed E-state index contributed by atoms with van der Waals surface area (Å²) >= 11 is 1.40. The van der Waals surface area contributed by atoms with Crippen molar-refractivity contribution < 1.29 is 18.6 Å². The minimum absolute atomic E-state index is 0. The van der Waals surface area contributed by atoms with Crippen molar-refractivity contribution in [2.24, 2.45) is 0 Å². The van der Waals surface area contributed by atoms with Crippen LogP contribution in [0.25, 0.3) is 21.9 Å². The van der Waals surface area contributed by atoms with Crippen molar-refractivity contribution in [2.45, 2.75) is 29.4 Å². The fourth-order valence-electron chi connectivity index (χ4n) is 5.36. The molecule has 0 spiro atoms. The fraction of sp³-hybridized carbons (Fsp3) is 0.267. The second kappa shape index (κ2) is 10.9. The molecule has 1 atom stereocenters. The molecule has 6 rings (SSSR count). The van der Waals surface area contributed by atoms with E-state index < -0.39 is 11.6 Å². The highest BCUT2D eigenvalue weighted by molar-refractivity contribution is 8.00. The van der Waals surface area contributed by atoms with Crippen molar-refractivity contribution >= 4 is 34.9 Å². The molecule has 1 unspecified atom stereocenters. The lowest BCUT2D eigenvalue weighted by Gasteiger charge is -2.29. The number of rotatable bonds is 5. The first-order valence-electron chi connectivity index (χ1n) is 12.4. The smallest absolute Gasteiger partial charge is 0.140 e. The SMILES string of the molecule is Cl.Oc1ccc2c3c(ccc2c1)-c1cc(F)cc(F)c1SC3c1ccc(OCCN2CCCCC2)cc1. The predicted octanol–water partition coefficient (Wildman–Crippen LogP) is 7.97. The largest absolute Gasteiger partial charge is 0.508 e. The van der Waals surface area contributed by atoms with Gasteiger partial charge in [0, 0.05) is 18.2 Å². The summed E-state index contributed by atoms with van der Waals surface area (Å²) in [5, 5.41) is 11.7. The van der Waals surface area contributed by atoms with Gasteiger partial charge in [0.05, 0.1) is 10.1 Å². The topological polar surface area (TPSA) is 32.7 Å². The molecule has 2 heterocycles. The van der Waals surface area contributed by atoms with E-state index in [0.717, 1.165) is 58.9 Å². The first-order valence-corrected chi connectivity index (χ1v) is 13.3. The molecule has 3 nitrogen and oxygen atoms in total. The first kappa shape index (κ1) is 25.8. The number of ether oxygens (including phenoxy) is 1. The third-order valence-electron chi connectivity index (χ3n) is 7.15. The van der Waals surface area contributed by atoms with Gasteiger partial charge in [0.25, 0.3) is 0 Å². The number of likely N-dealkylation sites (tertiary alicyclic amines) is 1. The summed E-state index contributed by atoms with van der Waals surface area (Å²) in [4.78, 5) is 2.90. The number of fused-ring (bicyclic) bond motifs is 5. The second-order valence-electron chi connectivity index (χ2n) is 9.51. The zero-order valence-corrected chi connectivity index (χ0v) is 21.9. The quantitative estimate of drug-likeness (QED) is 0.279. The van der Waals surface area contributed by atoms with Crippen LogP contribution in [0.5, 0.6) is 11.5 Å². The molecular weight excluding hydrogens is 512 g/mol. The van der Waals surface area contributed by atoms with Crippen LogP contribution in [0.3, 0.4) is 0 Å². The maximum absolute atomic E-state index is 14.9. The van der Waals surface area contributed by atoms with Crippen molar-refractivity contribution in [1.29, 1.82) is 0 Å². The van der Waals surface area contributed by atoms with Crippen molar-refractivity contribution in [3.8, 4) is 22.6 Å². The minimum atomic E-state index is -0.590. The monoisotopic (exact) mass is 539 g/mol. The van der Waals surface area contributed by atoms with Gasteiger partial charge in [0.15, 0.2) is 0 Å². The Morgan fingerprint density at radius 3 is 2.46 bits per heavy atom. The van der Waals surface area contributed by atoms with E-state index in [0.29, 0.717) is 17.1 Å². The summed E-state index contributed by atoms with van der Waals surface area (Å²) in [6.07, 6.45) is 3.85. The molecule has 0 saturated carbocycles. The molecular formula is C30H28ClF2NO2S. The van der Waals surface area contributed by atoms with Crippen LogP contribution in [0, 0.1) is 11.6 Å². The molecule has 2 aliphatic heterocycles. The summed E-state index contributed by atoms with van der Waals surface area (Å²) in [6.45, 7) is 3.88. The van der Waals surface area contributed by atoms with E-state index in [2.05, 4.69) is 4.90 Å². The van der Waals surface area contributed by atoms with E-state index in [1.165, 1.54) is 37.1 Å². The van der Waals surface area contributed by atoms with E-state index in [1.54, 1.807) is 12.1 Å². The molecule has 2 aliphatic rings. The summed E-state index contributed by atoms with van der Waals surface area (Å²) in [5.74, 6) is -0.137. The number of thioether (sulfide) groups is 1. The van der Waals surface area contributed by atoms with Gasteiger partial charge in [-0.15, -0.1) is 24.2 Å². The van der Waals surface area contributed by atoms with Crippen LogP contribution in [0.2, 0.25) is 0 Å². The van der Waals surface area contributed by atoms with Crippen LogP contribution in [0.15, 0.2) is 71.6 Å². The average Bonchev–Trinajstić information content (AvgIpc) is 2.89. The average molecular weight is 540 g/mol. The second-order valence-corrected chi connectivity index (χ2v) is 10.6. The molecule has 0 aliphatic carbocycles. The zero-order chi connectivity index (χ0) is 24.6. The van der Waals surface area contributed by atoms with Crippen LogP contribution < -0.4 is 4.74 Å². The lowest BCUT2D eigenvalue weighted by molar-refractivity contribution is 0.183. The van der Waals surface area contributed by atoms with Crippen LogP contribution in [-0.2, 0) is 0 Å². The fourth-order valence-corrected chi connectivity index (χ4v) is 6.73. The van der Waals surface area contributed by atoms with Crippen LogP contribution >= 0.6 is 24.2 Å². The minimum Gasteiger partial charge on any atom is -0.508 e. The highest BCUT2D eigenvalue weighted by Crippen LogP contribution is 2.55. The molecule has 192 valence electrons. The van der Waals surface area contributed by atoms with Crippen molar-refractivity contribution in [1.82, 2.24) is 4.90 Å². The molecule has 0 bridgehead atoms. The van der Waals surface area contributed by atoms with Gasteiger partial charge in [-0.3, -0.25) is 4.90 Å². The summed E-state index contributed by atoms with van der Waals surface area (Å²) in [7, 11) is 0. The van der Waals surface area contributed by atoms with Crippen molar-refractivity contribution in [3.63, 3.8) is 0 Å². The van der Waals surface area contributed by atoms with Gasteiger partial charge >= 0.3 is 0 Å². The van der Waals surface area contributed by atoms with Gasteiger partial charge in [0.1, 0.15) is 29.7 Å². The van der Waals surface area contributed by atoms with E-state index in [4.69, 9.17) is 4.74 Å². The van der Waals surface area contributed by atoms with Gasteiger partial charge in [0.2, 0.25) is 0 Å². The van der Waals surface area contributed by atoms with Crippen LogP contribution in [-0.4, -0.2) is 36.2 Å². The lowest BCUT2D eigenvalue weighted by Crippen LogP contribution is -2.33. The van der Waals surface area contributed by atoms with E-state index in [-0.39, 0.29) is 23.4 Å². The van der Waals surface area contributed by atoms with E-state index in [1.807, 2.05) is 42.5 Å². The van der Waals surface area contributed by atoms with Gasteiger partial charge in [-0.25, -0.2) is 8.78 Å². The Morgan fingerprint density at radius 1 is 0.892 bits per heavy atom. The molecule has 7 heteroatoms. The molecule has 4 aromatic carbocycles. The normalized spacial score (nSPS) is 17.1. The van der Waals surface area contributed by atoms with E-state index in [9.17, 15) is 13.9 Å². The summed E-state index contributed by atoms with van der Waals surface area (Å²) in [5.41, 5.74) is 3.39. The van der Waals surface area contributed by atoms with Crippen LogP contribution in [0.4, 0.5) is 8.78 Å². The molecule has 0 aromatic heterocycles. The first-order chi connectivity index (χ1) is 17.6. The predicted molar refractivity (Wildman–Crippen MR) is 148 cm³/mol. The highest BCUT2D eigenvalue weighted by atomic mass is 35.5. The number of piperidine rings is 1. The van der Waals surface area contributed by atoms with Crippen molar-refractivity contribution in [3.05, 3.63) is 89.5 Å². The number of phenolic OH excluding ortho intramolecular Hbond substituents is 1. The Bertz CT molecular complexity index is 1420. The van der Waals surface area contributed by atoms with Gasteiger partial charge in [-0.2, -0.15) is 0 Å². The third kappa shape index (κ3) is 5.15. The molecule has 4 aromatic rings. The Morgan fingerprint density at radius 2 is 1.68 bits per heavy atom. The van der Waals surface area contributed by atoms with Gasteiger partial charge < -0.3 is 9.84 Å². The maximum Gasteiger partial charge on any atom is 0.140 e. The number of phenols is 1. The Kier molecular flexibility index (Phi) is 7.61. The van der Waals surface area contributed by atoms with Gasteiger partial charge in [-0.05, 0) is 83.7 Å². The Labute approximate surface area is 225 Å². The molecule has 1 N–H and O–H groups in total. The zero-order valence-electron chi connectivity index (χ0n) is 20.3. The van der Waals surface area contributed by atoms with Gasteiger partial charge in [-0.1, -0.05) is 36.8 Å². The number of nitrogens with zero attached hydrogens (tertiary/aromatic N) is 1. The number of hydrogen-bond donors (Lipinski definition) is 1. The standard InChI is InChI=1S/C30H27F2NO2S.ClH/c31-21-17-26-25-10-6-20-16-22(34)7-11-24(20)28(25)29(36-30(26)27(32)18-21)19-4-8-23(9-5-19)35-15-14-33-12-2-1-3-13-33;/h4-11,16-18,29,34H,1-3,12-15H2;1H. The maximum atomic E-state index is 14.9. The number of benzene rings is 4. The molecule has 0 radical (unpaired) electrons. The number of aromatic hydroxyl groups is 1.